The zero-order chi connectivity index (χ0) is 21.2. The lowest BCUT2D eigenvalue weighted by Gasteiger charge is -2.63. The summed E-state index contributed by atoms with van der Waals surface area (Å²) in [5.41, 5.74) is -1.94. The number of carbonyl (C=O) groups excluding carboxylic acids is 1. The lowest BCUT2D eigenvalue weighted by atomic mass is 9.43. The Hall–Kier alpha value is -0.690. The molecule has 0 unspecified atom stereocenters. The number of hydrogen-bond acceptors (Lipinski definition) is 6. The number of hydrogen-bond donors (Lipinski definition) is 4. The van der Waals surface area contributed by atoms with Gasteiger partial charge in [0.25, 0.3) is 0 Å². The quantitative estimate of drug-likeness (QED) is 0.530. The van der Waals surface area contributed by atoms with E-state index in [9.17, 15) is 25.2 Å². The molecule has 4 fully saturated rings. The van der Waals surface area contributed by atoms with E-state index in [0.717, 1.165) is 38.5 Å². The highest BCUT2D eigenvalue weighted by molar-refractivity contribution is 5.65. The maximum absolute atomic E-state index is 11.6. The fourth-order valence-electron chi connectivity index (χ4n) is 8.28. The van der Waals surface area contributed by atoms with E-state index < -0.39 is 29.2 Å². The van der Waals surface area contributed by atoms with Gasteiger partial charge in [-0.05, 0) is 80.5 Å². The molecule has 0 saturated heterocycles. The highest BCUT2D eigenvalue weighted by Gasteiger charge is 2.68. The molecule has 0 aromatic heterocycles. The minimum Gasteiger partial charge on any atom is -0.463 e. The van der Waals surface area contributed by atoms with Gasteiger partial charge >= 0.3 is 5.97 Å². The molecule has 0 radical (unpaired) electrons. The van der Waals surface area contributed by atoms with Crippen LogP contribution < -0.4 is 0 Å². The van der Waals surface area contributed by atoms with Gasteiger partial charge < -0.3 is 25.2 Å². The topological polar surface area (TPSA) is 107 Å². The van der Waals surface area contributed by atoms with Crippen LogP contribution in [0.2, 0.25) is 0 Å². The molecule has 4 aliphatic rings. The molecule has 4 aliphatic carbocycles. The van der Waals surface area contributed by atoms with Crippen LogP contribution in [0, 0.1) is 34.5 Å². The third kappa shape index (κ3) is 3.08. The van der Waals surface area contributed by atoms with E-state index in [2.05, 4.69) is 6.92 Å². The lowest BCUT2D eigenvalue weighted by Crippen LogP contribution is -2.64. The van der Waals surface area contributed by atoms with Crippen molar-refractivity contribution in [2.24, 2.45) is 34.5 Å². The van der Waals surface area contributed by atoms with E-state index in [0.29, 0.717) is 24.7 Å². The van der Waals surface area contributed by atoms with Crippen LogP contribution in [0.25, 0.3) is 0 Å². The summed E-state index contributed by atoms with van der Waals surface area (Å²) in [7, 11) is 0. The van der Waals surface area contributed by atoms with Crippen LogP contribution >= 0.6 is 0 Å². The van der Waals surface area contributed by atoms with Crippen molar-refractivity contribution in [1.29, 1.82) is 0 Å². The summed E-state index contributed by atoms with van der Waals surface area (Å²) >= 11 is 0. The minimum atomic E-state index is -1.36. The fourth-order valence-corrected chi connectivity index (χ4v) is 8.28. The molecule has 4 saturated carbocycles. The molecule has 0 aromatic carbocycles. The monoisotopic (exact) mass is 410 g/mol. The first-order valence-corrected chi connectivity index (χ1v) is 11.4. The summed E-state index contributed by atoms with van der Waals surface area (Å²) in [5, 5.41) is 43.9. The Morgan fingerprint density at radius 2 is 1.86 bits per heavy atom. The zero-order valence-electron chi connectivity index (χ0n) is 18.0. The van der Waals surface area contributed by atoms with Gasteiger partial charge in [0.15, 0.2) is 0 Å². The first-order chi connectivity index (χ1) is 13.5. The third-order valence-corrected chi connectivity index (χ3v) is 9.78. The molecule has 29 heavy (non-hydrogen) atoms. The Labute approximate surface area is 173 Å². The van der Waals surface area contributed by atoms with Crippen molar-refractivity contribution in [2.75, 3.05) is 6.61 Å². The van der Waals surface area contributed by atoms with Crippen molar-refractivity contribution < 1.29 is 30.0 Å². The van der Waals surface area contributed by atoms with Crippen molar-refractivity contribution in [3.05, 3.63) is 0 Å². The summed E-state index contributed by atoms with van der Waals surface area (Å²) in [5.74, 6) is 0.704. The molecule has 6 heteroatoms. The third-order valence-electron chi connectivity index (χ3n) is 9.78. The molecule has 166 valence electrons. The average molecular weight is 411 g/mol. The second-order valence-corrected chi connectivity index (χ2v) is 11.0. The Kier molecular flexibility index (Phi) is 5.33. The van der Waals surface area contributed by atoms with Crippen molar-refractivity contribution in [2.45, 2.75) is 96.1 Å². The first-order valence-electron chi connectivity index (χ1n) is 11.4. The van der Waals surface area contributed by atoms with Crippen molar-refractivity contribution >= 4 is 5.97 Å². The van der Waals surface area contributed by atoms with Crippen LogP contribution in [0.15, 0.2) is 0 Å². The molecule has 0 amide bonds. The summed E-state index contributed by atoms with van der Waals surface area (Å²) in [4.78, 5) is 11.2. The lowest BCUT2D eigenvalue weighted by molar-refractivity contribution is -0.225. The van der Waals surface area contributed by atoms with Gasteiger partial charge in [0, 0.05) is 12.3 Å². The molecule has 0 bridgehead atoms. The van der Waals surface area contributed by atoms with E-state index in [1.54, 1.807) is 0 Å². The molecule has 0 aliphatic heterocycles. The van der Waals surface area contributed by atoms with Gasteiger partial charge in [-0.25, -0.2) is 0 Å². The van der Waals surface area contributed by atoms with Crippen molar-refractivity contribution in [1.82, 2.24) is 0 Å². The highest BCUT2D eigenvalue weighted by Crippen LogP contribution is 2.68. The van der Waals surface area contributed by atoms with Gasteiger partial charge in [0.05, 0.1) is 17.8 Å². The number of esters is 1. The number of carbonyl (C=O) groups is 1. The molecular formula is C23H38O6. The van der Waals surface area contributed by atoms with Gasteiger partial charge in [-0.3, -0.25) is 4.79 Å². The molecule has 0 aromatic rings. The Morgan fingerprint density at radius 3 is 2.55 bits per heavy atom. The largest absolute Gasteiger partial charge is 0.463 e. The molecule has 6 nitrogen and oxygen atoms in total. The normalized spacial score (nSPS) is 52.8. The van der Waals surface area contributed by atoms with Crippen LogP contribution in [-0.2, 0) is 9.53 Å². The van der Waals surface area contributed by atoms with E-state index in [1.165, 1.54) is 6.92 Å². The predicted molar refractivity (Wildman–Crippen MR) is 107 cm³/mol. The van der Waals surface area contributed by atoms with Crippen molar-refractivity contribution in [3.8, 4) is 0 Å². The van der Waals surface area contributed by atoms with Gasteiger partial charge in [-0.2, -0.15) is 0 Å². The van der Waals surface area contributed by atoms with Crippen LogP contribution in [0.5, 0.6) is 0 Å². The number of rotatable bonds is 3. The van der Waals surface area contributed by atoms with Crippen LogP contribution in [0.3, 0.4) is 0 Å². The summed E-state index contributed by atoms with van der Waals surface area (Å²) in [6, 6.07) is 0. The average Bonchev–Trinajstić information content (AvgIpc) is 2.91. The number of ether oxygens (including phenoxy) is 1. The second-order valence-electron chi connectivity index (χ2n) is 11.0. The fraction of sp³-hybridized carbons (Fsp3) is 0.957. The number of aliphatic hydroxyl groups is 4. The SMILES string of the molecule is CC(=O)OC[C@H](O)[C@@]1(O)CC[C@@H]2[C@@H]3CC[C@H]4C[C@H](O)CC[C@]4(C)[C@@H]3[C@H](O)C[C@@]21C. The van der Waals surface area contributed by atoms with E-state index in [1.807, 2.05) is 6.92 Å². The highest BCUT2D eigenvalue weighted by atomic mass is 16.5. The smallest absolute Gasteiger partial charge is 0.302 e. The van der Waals surface area contributed by atoms with Crippen LogP contribution in [0.1, 0.15) is 72.1 Å². The maximum atomic E-state index is 11.6. The van der Waals surface area contributed by atoms with Gasteiger partial charge in [-0.1, -0.05) is 13.8 Å². The van der Waals surface area contributed by atoms with Crippen molar-refractivity contribution in [3.63, 3.8) is 0 Å². The molecule has 0 spiro atoms. The summed E-state index contributed by atoms with van der Waals surface area (Å²) < 4.78 is 5.00. The first kappa shape index (κ1) is 21.5. The standard InChI is InChI=1S/C23H38O6/c1-13(24)29-12-19(27)23(28)9-7-17-16-5-4-14-10-15(25)6-8-21(14,2)20(16)18(26)11-22(17,23)3/h14-20,25-28H,4-12H2,1-3H3/t14-,15+,16-,17+,18+,19-,20-,21-,22-,23-/m0/s1. The molecular weight excluding hydrogens is 372 g/mol. The molecule has 0 heterocycles. The molecule has 4 N–H and O–H groups in total. The Bertz CT molecular complexity index is 653. The van der Waals surface area contributed by atoms with E-state index >= 15 is 0 Å². The van der Waals surface area contributed by atoms with E-state index in [4.69, 9.17) is 4.74 Å². The Balaban J connectivity index is 1.61. The van der Waals surface area contributed by atoms with Gasteiger partial charge in [0.2, 0.25) is 0 Å². The summed E-state index contributed by atoms with van der Waals surface area (Å²) in [6.07, 6.45) is 4.48. The molecule has 10 atom stereocenters. The minimum absolute atomic E-state index is 0.0277. The zero-order valence-corrected chi connectivity index (χ0v) is 18.0. The van der Waals surface area contributed by atoms with Gasteiger partial charge in [0.1, 0.15) is 12.7 Å². The number of fused-ring (bicyclic) bond motifs is 5. The molecule has 4 rings (SSSR count). The van der Waals surface area contributed by atoms with Gasteiger partial charge in [-0.15, -0.1) is 0 Å². The Morgan fingerprint density at radius 1 is 1.14 bits per heavy atom. The number of aliphatic hydroxyl groups excluding tert-OH is 3. The maximum Gasteiger partial charge on any atom is 0.302 e. The van der Waals surface area contributed by atoms with E-state index in [-0.39, 0.29) is 30.0 Å². The predicted octanol–water partition coefficient (Wildman–Crippen LogP) is 2.02. The van der Waals surface area contributed by atoms with Crippen LogP contribution in [0.4, 0.5) is 0 Å². The second kappa shape index (κ2) is 7.18. The van der Waals surface area contributed by atoms with Crippen LogP contribution in [-0.4, -0.2) is 56.9 Å². The summed E-state index contributed by atoms with van der Waals surface area (Å²) in [6.45, 7) is 5.41.